The number of piperidine rings is 1. The van der Waals surface area contributed by atoms with Crippen molar-refractivity contribution in [2.24, 2.45) is 0 Å². The fourth-order valence-electron chi connectivity index (χ4n) is 4.69. The Balaban J connectivity index is 1.22. The molecule has 2 fully saturated rings. The quantitative estimate of drug-likeness (QED) is 0.560. The molecule has 0 N–H and O–H groups in total. The van der Waals surface area contributed by atoms with Gasteiger partial charge in [0.2, 0.25) is 5.88 Å². The molecule has 1 amide bonds. The lowest BCUT2D eigenvalue weighted by molar-refractivity contribution is 0.0710. The zero-order chi connectivity index (χ0) is 24.2. The fraction of sp³-hybridized carbons (Fsp3) is 0.407. The number of rotatable bonds is 5. The SMILES string of the molecule is Cc1cc(Oc2ccccc2)nc(C2CCN(C(=O)c3ccnc(N4CCN(C)CC4)c3)CC2)n1. The molecule has 0 bridgehead atoms. The number of para-hydroxylation sites is 1. The monoisotopic (exact) mass is 472 g/mol. The van der Waals surface area contributed by atoms with E-state index in [1.54, 1.807) is 6.20 Å². The van der Waals surface area contributed by atoms with Crippen LogP contribution in [-0.2, 0) is 0 Å². The van der Waals surface area contributed by atoms with E-state index in [0.717, 1.165) is 62.1 Å². The zero-order valence-electron chi connectivity index (χ0n) is 20.4. The van der Waals surface area contributed by atoms with Gasteiger partial charge in [-0.2, -0.15) is 4.98 Å². The summed E-state index contributed by atoms with van der Waals surface area (Å²) in [7, 11) is 2.13. The number of carbonyl (C=O) groups is 1. The van der Waals surface area contributed by atoms with Gasteiger partial charge in [0.25, 0.3) is 5.91 Å². The highest BCUT2D eigenvalue weighted by molar-refractivity contribution is 5.95. The molecule has 3 aromatic rings. The predicted octanol–water partition coefficient (Wildman–Crippen LogP) is 3.74. The lowest BCUT2D eigenvalue weighted by atomic mass is 9.95. The average molecular weight is 473 g/mol. The van der Waals surface area contributed by atoms with Gasteiger partial charge < -0.3 is 19.4 Å². The van der Waals surface area contributed by atoms with Gasteiger partial charge in [-0.3, -0.25) is 4.79 Å². The minimum Gasteiger partial charge on any atom is -0.439 e. The van der Waals surface area contributed by atoms with Crippen molar-refractivity contribution in [1.29, 1.82) is 0 Å². The van der Waals surface area contributed by atoms with Crippen LogP contribution in [0.1, 0.15) is 40.6 Å². The van der Waals surface area contributed by atoms with Gasteiger partial charge in [-0.05, 0) is 51.1 Å². The molecule has 182 valence electrons. The summed E-state index contributed by atoms with van der Waals surface area (Å²) in [4.78, 5) is 33.7. The highest BCUT2D eigenvalue weighted by Gasteiger charge is 2.27. The van der Waals surface area contributed by atoms with Crippen molar-refractivity contribution in [2.45, 2.75) is 25.7 Å². The molecule has 0 radical (unpaired) electrons. The number of hydrogen-bond acceptors (Lipinski definition) is 7. The molecule has 1 aromatic carbocycles. The lowest BCUT2D eigenvalue weighted by Crippen LogP contribution is -2.45. The maximum absolute atomic E-state index is 13.3. The number of pyridine rings is 1. The van der Waals surface area contributed by atoms with Gasteiger partial charge >= 0.3 is 0 Å². The number of carbonyl (C=O) groups excluding carboxylic acids is 1. The highest BCUT2D eigenvalue weighted by Crippen LogP contribution is 2.29. The first kappa shape index (κ1) is 23.2. The summed E-state index contributed by atoms with van der Waals surface area (Å²) in [5.41, 5.74) is 1.59. The largest absolute Gasteiger partial charge is 0.439 e. The molecular formula is C27H32N6O2. The van der Waals surface area contributed by atoms with E-state index in [9.17, 15) is 4.79 Å². The highest BCUT2D eigenvalue weighted by atomic mass is 16.5. The summed E-state index contributed by atoms with van der Waals surface area (Å²) >= 11 is 0. The fourth-order valence-corrected chi connectivity index (χ4v) is 4.69. The number of aromatic nitrogens is 3. The van der Waals surface area contributed by atoms with Gasteiger partial charge in [0.05, 0.1) is 0 Å². The predicted molar refractivity (Wildman–Crippen MR) is 135 cm³/mol. The number of piperazine rings is 1. The van der Waals surface area contributed by atoms with E-state index in [0.29, 0.717) is 24.5 Å². The zero-order valence-corrected chi connectivity index (χ0v) is 20.4. The molecule has 0 unspecified atom stereocenters. The third-order valence-electron chi connectivity index (χ3n) is 6.78. The summed E-state index contributed by atoms with van der Waals surface area (Å²) in [6.07, 6.45) is 3.41. The van der Waals surface area contributed by atoms with E-state index in [1.807, 2.05) is 60.4 Å². The van der Waals surface area contributed by atoms with E-state index in [1.165, 1.54) is 0 Å². The summed E-state index contributed by atoms with van der Waals surface area (Å²) in [5, 5.41) is 0. The Bertz CT molecular complexity index is 1160. The van der Waals surface area contributed by atoms with Crippen LogP contribution in [0.5, 0.6) is 11.6 Å². The number of likely N-dealkylation sites (N-methyl/N-ethyl adjacent to an activating group) is 1. The van der Waals surface area contributed by atoms with Crippen LogP contribution in [0.4, 0.5) is 5.82 Å². The normalized spacial score (nSPS) is 17.4. The molecule has 0 spiro atoms. The van der Waals surface area contributed by atoms with Crippen molar-refractivity contribution in [3.05, 3.63) is 71.8 Å². The van der Waals surface area contributed by atoms with Gasteiger partial charge in [-0.15, -0.1) is 0 Å². The van der Waals surface area contributed by atoms with Crippen molar-refractivity contribution in [1.82, 2.24) is 24.8 Å². The van der Waals surface area contributed by atoms with Crippen molar-refractivity contribution in [2.75, 3.05) is 51.2 Å². The van der Waals surface area contributed by atoms with Gasteiger partial charge in [0.1, 0.15) is 17.4 Å². The minimum atomic E-state index is 0.0690. The number of aryl methyl sites for hydroxylation is 1. The van der Waals surface area contributed by atoms with Crippen LogP contribution in [-0.4, -0.2) is 77.0 Å². The number of ether oxygens (including phenoxy) is 1. The minimum absolute atomic E-state index is 0.0690. The molecule has 5 rings (SSSR count). The first-order valence-electron chi connectivity index (χ1n) is 12.3. The molecule has 4 heterocycles. The molecule has 2 saturated heterocycles. The Labute approximate surface area is 206 Å². The van der Waals surface area contributed by atoms with Crippen molar-refractivity contribution < 1.29 is 9.53 Å². The second-order valence-corrected chi connectivity index (χ2v) is 9.38. The topological polar surface area (TPSA) is 74.7 Å². The van der Waals surface area contributed by atoms with Gasteiger partial charge in [-0.1, -0.05) is 18.2 Å². The third-order valence-corrected chi connectivity index (χ3v) is 6.78. The Morgan fingerprint density at radius 2 is 1.69 bits per heavy atom. The van der Waals surface area contributed by atoms with Gasteiger partial charge in [-0.25, -0.2) is 9.97 Å². The molecule has 2 aliphatic rings. The number of nitrogens with zero attached hydrogens (tertiary/aromatic N) is 6. The Morgan fingerprint density at radius 3 is 2.43 bits per heavy atom. The third kappa shape index (κ3) is 5.59. The smallest absolute Gasteiger partial charge is 0.254 e. The van der Waals surface area contributed by atoms with E-state index >= 15 is 0 Å². The number of anilines is 1. The number of amides is 1. The van der Waals surface area contributed by atoms with E-state index < -0.39 is 0 Å². The Kier molecular flexibility index (Phi) is 6.90. The van der Waals surface area contributed by atoms with Crippen LogP contribution in [0.15, 0.2) is 54.7 Å². The summed E-state index contributed by atoms with van der Waals surface area (Å²) in [6, 6.07) is 15.3. The molecule has 35 heavy (non-hydrogen) atoms. The van der Waals surface area contributed by atoms with Crippen LogP contribution in [0, 0.1) is 6.92 Å². The maximum Gasteiger partial charge on any atom is 0.254 e. The van der Waals surface area contributed by atoms with E-state index in [4.69, 9.17) is 9.72 Å². The number of hydrogen-bond donors (Lipinski definition) is 0. The molecule has 8 nitrogen and oxygen atoms in total. The van der Waals surface area contributed by atoms with Crippen LogP contribution in [0.2, 0.25) is 0 Å². The van der Waals surface area contributed by atoms with Crippen LogP contribution >= 0.6 is 0 Å². The average Bonchev–Trinajstić information content (AvgIpc) is 2.89. The lowest BCUT2D eigenvalue weighted by Gasteiger charge is -2.34. The molecule has 2 aliphatic heterocycles. The molecular weight excluding hydrogens is 440 g/mol. The Hall–Kier alpha value is -3.52. The summed E-state index contributed by atoms with van der Waals surface area (Å²) < 4.78 is 5.95. The van der Waals surface area contributed by atoms with Gasteiger partial charge in [0, 0.05) is 68.7 Å². The first-order chi connectivity index (χ1) is 17.0. The Morgan fingerprint density at radius 1 is 0.943 bits per heavy atom. The number of likely N-dealkylation sites (tertiary alicyclic amines) is 1. The summed E-state index contributed by atoms with van der Waals surface area (Å²) in [5.74, 6) is 3.27. The standard InChI is InChI=1S/C27H32N6O2/c1-20-18-25(35-23-6-4-3-5-7-23)30-26(29-20)21-9-12-33(13-10-21)27(34)22-8-11-28-24(19-22)32-16-14-31(2)15-17-32/h3-8,11,18-19,21H,9-10,12-17H2,1-2H3. The second kappa shape index (κ2) is 10.4. The van der Waals surface area contributed by atoms with Crippen LogP contribution in [0.25, 0.3) is 0 Å². The van der Waals surface area contributed by atoms with E-state index in [2.05, 4.69) is 26.8 Å². The molecule has 0 saturated carbocycles. The van der Waals surface area contributed by atoms with Crippen LogP contribution < -0.4 is 9.64 Å². The molecule has 2 aromatic heterocycles. The number of benzene rings is 1. The molecule has 0 atom stereocenters. The second-order valence-electron chi connectivity index (χ2n) is 9.38. The van der Waals surface area contributed by atoms with Crippen molar-refractivity contribution in [3.63, 3.8) is 0 Å². The van der Waals surface area contributed by atoms with Crippen LogP contribution in [0.3, 0.4) is 0 Å². The van der Waals surface area contributed by atoms with Crippen molar-refractivity contribution in [3.8, 4) is 11.6 Å². The van der Waals surface area contributed by atoms with Crippen molar-refractivity contribution >= 4 is 11.7 Å². The first-order valence-corrected chi connectivity index (χ1v) is 12.3. The summed E-state index contributed by atoms with van der Waals surface area (Å²) in [6.45, 7) is 7.20. The molecule has 8 heteroatoms. The van der Waals surface area contributed by atoms with E-state index in [-0.39, 0.29) is 11.8 Å². The van der Waals surface area contributed by atoms with Gasteiger partial charge in [0.15, 0.2) is 0 Å². The maximum atomic E-state index is 13.3. The molecule has 0 aliphatic carbocycles.